The molecule has 9 heteroatoms. The quantitative estimate of drug-likeness (QED) is 0.562. The first-order chi connectivity index (χ1) is 15.3. The number of ketones is 1. The van der Waals surface area contributed by atoms with Crippen molar-refractivity contribution in [3.8, 4) is 17.2 Å². The minimum absolute atomic E-state index is 0.0513. The summed E-state index contributed by atoms with van der Waals surface area (Å²) in [6.07, 6.45) is -4.05. The zero-order valence-corrected chi connectivity index (χ0v) is 18.4. The van der Waals surface area contributed by atoms with Crippen molar-refractivity contribution in [1.29, 1.82) is 0 Å². The number of nitrogens with zero attached hydrogens (tertiary/aromatic N) is 2. The molecule has 32 heavy (non-hydrogen) atoms. The molecule has 1 fully saturated rings. The average molecular weight is 452 g/mol. The maximum atomic E-state index is 13.0. The van der Waals surface area contributed by atoms with E-state index < -0.39 is 11.7 Å². The van der Waals surface area contributed by atoms with Crippen molar-refractivity contribution in [3.05, 3.63) is 47.5 Å². The molecule has 2 aromatic rings. The first-order valence-electron chi connectivity index (χ1n) is 10.2. The normalized spacial score (nSPS) is 14.9. The van der Waals surface area contributed by atoms with Gasteiger partial charge in [0.15, 0.2) is 17.3 Å². The predicted octanol–water partition coefficient (Wildman–Crippen LogP) is 4.13. The third kappa shape index (κ3) is 5.45. The molecule has 1 heterocycles. The molecule has 0 unspecified atom stereocenters. The highest BCUT2D eigenvalue weighted by Crippen LogP contribution is 2.38. The van der Waals surface area contributed by atoms with E-state index in [0.717, 1.165) is 6.07 Å². The third-order valence-electron chi connectivity index (χ3n) is 5.55. The maximum absolute atomic E-state index is 13.0. The van der Waals surface area contributed by atoms with Gasteiger partial charge >= 0.3 is 6.18 Å². The van der Waals surface area contributed by atoms with Crippen molar-refractivity contribution in [3.63, 3.8) is 0 Å². The van der Waals surface area contributed by atoms with Gasteiger partial charge in [-0.15, -0.1) is 0 Å². The summed E-state index contributed by atoms with van der Waals surface area (Å²) in [6, 6.07) is 8.65. The van der Waals surface area contributed by atoms with Gasteiger partial charge in [-0.3, -0.25) is 9.69 Å². The van der Waals surface area contributed by atoms with Crippen molar-refractivity contribution in [2.45, 2.75) is 12.6 Å². The Bertz CT molecular complexity index is 916. The van der Waals surface area contributed by atoms with Crippen molar-refractivity contribution in [2.75, 3.05) is 59.0 Å². The molecule has 0 N–H and O–H groups in total. The largest absolute Gasteiger partial charge is 0.493 e. The number of carbonyl (C=O) groups is 1. The lowest BCUT2D eigenvalue weighted by Crippen LogP contribution is -2.47. The zero-order chi connectivity index (χ0) is 23.3. The molecule has 1 saturated heterocycles. The Morgan fingerprint density at radius 1 is 0.938 bits per heavy atom. The van der Waals surface area contributed by atoms with Crippen LogP contribution in [-0.4, -0.2) is 64.7 Å². The van der Waals surface area contributed by atoms with Gasteiger partial charge in [-0.1, -0.05) is 6.07 Å². The number of carbonyl (C=O) groups excluding carboxylic acids is 1. The van der Waals surface area contributed by atoms with E-state index in [9.17, 15) is 18.0 Å². The molecule has 0 atom stereocenters. The summed E-state index contributed by atoms with van der Waals surface area (Å²) in [5.74, 6) is 1.22. The molecule has 0 spiro atoms. The standard InChI is InChI=1S/C23H27F3N2O4/c1-30-20-13-16(14-21(31-2)22(20)32-3)19(29)7-8-27-9-11-28(12-10-27)18-6-4-5-17(15-18)23(24,25)26/h4-6,13-15H,7-12H2,1-3H3. The van der Waals surface area contributed by atoms with E-state index in [2.05, 4.69) is 4.90 Å². The number of anilines is 1. The number of hydrogen-bond donors (Lipinski definition) is 0. The van der Waals surface area contributed by atoms with Gasteiger partial charge in [0.05, 0.1) is 26.9 Å². The Balaban J connectivity index is 1.57. The number of hydrogen-bond acceptors (Lipinski definition) is 6. The van der Waals surface area contributed by atoms with Crippen LogP contribution >= 0.6 is 0 Å². The van der Waals surface area contributed by atoms with Crippen LogP contribution in [0.4, 0.5) is 18.9 Å². The minimum Gasteiger partial charge on any atom is -0.493 e. The summed E-state index contributed by atoms with van der Waals surface area (Å²) in [6.45, 7) is 3.09. The van der Waals surface area contributed by atoms with Gasteiger partial charge in [0, 0.05) is 50.4 Å². The Morgan fingerprint density at radius 2 is 1.56 bits per heavy atom. The Hall–Kier alpha value is -2.94. The first-order valence-corrected chi connectivity index (χ1v) is 10.2. The first kappa shape index (κ1) is 23.7. The number of ether oxygens (including phenoxy) is 3. The van der Waals surface area contributed by atoms with Crippen molar-refractivity contribution in [1.82, 2.24) is 4.90 Å². The van der Waals surface area contributed by atoms with Crippen LogP contribution in [0.25, 0.3) is 0 Å². The smallest absolute Gasteiger partial charge is 0.416 e. The Labute approximate surface area is 185 Å². The number of benzene rings is 2. The molecule has 174 valence electrons. The summed E-state index contributed by atoms with van der Waals surface area (Å²) in [5, 5.41) is 0. The van der Waals surface area contributed by atoms with Crippen LogP contribution in [0.15, 0.2) is 36.4 Å². The topological polar surface area (TPSA) is 51.2 Å². The van der Waals surface area contributed by atoms with Crippen molar-refractivity contribution in [2.24, 2.45) is 0 Å². The fourth-order valence-electron chi connectivity index (χ4n) is 3.75. The van der Waals surface area contributed by atoms with Gasteiger partial charge in [0.25, 0.3) is 0 Å². The van der Waals surface area contributed by atoms with E-state index in [-0.39, 0.29) is 5.78 Å². The molecule has 0 aromatic heterocycles. The molecule has 0 radical (unpaired) electrons. The number of alkyl halides is 3. The lowest BCUT2D eigenvalue weighted by atomic mass is 10.1. The van der Waals surface area contributed by atoms with Gasteiger partial charge < -0.3 is 19.1 Å². The lowest BCUT2D eigenvalue weighted by Gasteiger charge is -2.36. The summed E-state index contributed by atoms with van der Waals surface area (Å²) >= 11 is 0. The fraction of sp³-hybridized carbons (Fsp3) is 0.435. The van der Waals surface area contributed by atoms with E-state index in [1.165, 1.54) is 33.5 Å². The monoisotopic (exact) mass is 452 g/mol. The van der Waals surface area contributed by atoms with Gasteiger partial charge in [-0.2, -0.15) is 13.2 Å². The van der Waals surface area contributed by atoms with Crippen LogP contribution in [0, 0.1) is 0 Å². The van der Waals surface area contributed by atoms with E-state index in [0.29, 0.717) is 67.6 Å². The molecule has 1 aliphatic heterocycles. The second-order valence-corrected chi connectivity index (χ2v) is 7.46. The maximum Gasteiger partial charge on any atom is 0.416 e. The molecular formula is C23H27F3N2O4. The Kier molecular flexibility index (Phi) is 7.50. The zero-order valence-electron chi connectivity index (χ0n) is 18.4. The highest BCUT2D eigenvalue weighted by atomic mass is 19.4. The van der Waals surface area contributed by atoms with Crippen LogP contribution in [-0.2, 0) is 6.18 Å². The second kappa shape index (κ2) is 10.1. The average Bonchev–Trinajstić information content (AvgIpc) is 2.81. The lowest BCUT2D eigenvalue weighted by molar-refractivity contribution is -0.137. The molecule has 0 aliphatic carbocycles. The van der Waals surface area contributed by atoms with Gasteiger partial charge in [0.1, 0.15) is 0 Å². The molecule has 6 nitrogen and oxygen atoms in total. The van der Waals surface area contributed by atoms with Gasteiger partial charge in [-0.05, 0) is 30.3 Å². The van der Waals surface area contributed by atoms with E-state index in [4.69, 9.17) is 14.2 Å². The fourth-order valence-corrected chi connectivity index (χ4v) is 3.75. The molecule has 3 rings (SSSR count). The highest BCUT2D eigenvalue weighted by Gasteiger charge is 2.31. The van der Waals surface area contributed by atoms with Crippen molar-refractivity contribution < 1.29 is 32.2 Å². The number of rotatable bonds is 8. The number of methoxy groups -OCH3 is 3. The second-order valence-electron chi connectivity index (χ2n) is 7.46. The van der Waals surface area contributed by atoms with E-state index >= 15 is 0 Å². The summed E-state index contributed by atoms with van der Waals surface area (Å²) in [4.78, 5) is 16.8. The van der Waals surface area contributed by atoms with Crippen LogP contribution in [0.3, 0.4) is 0 Å². The third-order valence-corrected chi connectivity index (χ3v) is 5.55. The van der Waals surface area contributed by atoms with Gasteiger partial charge in [-0.25, -0.2) is 0 Å². The van der Waals surface area contributed by atoms with Crippen LogP contribution < -0.4 is 19.1 Å². The molecule has 0 amide bonds. The van der Waals surface area contributed by atoms with Crippen LogP contribution in [0.1, 0.15) is 22.3 Å². The SMILES string of the molecule is COc1cc(C(=O)CCN2CCN(c3cccc(C(F)(F)F)c3)CC2)cc(OC)c1OC. The predicted molar refractivity (Wildman–Crippen MR) is 115 cm³/mol. The number of piperazine rings is 1. The molecular weight excluding hydrogens is 425 g/mol. The van der Waals surface area contributed by atoms with Crippen molar-refractivity contribution >= 4 is 11.5 Å². The highest BCUT2D eigenvalue weighted by molar-refractivity contribution is 5.97. The molecule has 0 bridgehead atoms. The molecule has 2 aromatic carbocycles. The summed E-state index contributed by atoms with van der Waals surface area (Å²) < 4.78 is 54.8. The molecule has 1 aliphatic rings. The Morgan fingerprint density at radius 3 is 2.09 bits per heavy atom. The minimum atomic E-state index is -4.36. The number of Topliss-reactive ketones (excluding diaryl/α,β-unsaturated/α-hetero) is 1. The summed E-state index contributed by atoms with van der Waals surface area (Å²) in [5.41, 5.74) is 0.392. The number of halogens is 3. The van der Waals surface area contributed by atoms with Crippen LogP contribution in [0.2, 0.25) is 0 Å². The van der Waals surface area contributed by atoms with Gasteiger partial charge in [0.2, 0.25) is 5.75 Å². The van der Waals surface area contributed by atoms with E-state index in [1.54, 1.807) is 18.2 Å². The van der Waals surface area contributed by atoms with E-state index in [1.807, 2.05) is 4.90 Å². The summed E-state index contributed by atoms with van der Waals surface area (Å²) in [7, 11) is 4.49. The van der Waals surface area contributed by atoms with Crippen LogP contribution in [0.5, 0.6) is 17.2 Å². The molecule has 0 saturated carbocycles.